The molecular formula is C14H23O5P. The van der Waals surface area contributed by atoms with Gasteiger partial charge in [0.2, 0.25) is 0 Å². The van der Waals surface area contributed by atoms with E-state index in [1.807, 2.05) is 12.1 Å². The first-order chi connectivity index (χ1) is 9.59. The molecule has 114 valence electrons. The molecule has 1 aromatic rings. The highest BCUT2D eigenvalue weighted by molar-refractivity contribution is 7.47. The number of aryl methyl sites for hydroxylation is 1. The van der Waals surface area contributed by atoms with Crippen LogP contribution in [0.5, 0.6) is 5.75 Å². The fourth-order valence-corrected chi connectivity index (χ4v) is 2.35. The monoisotopic (exact) mass is 302 g/mol. The third-order valence-electron chi connectivity index (χ3n) is 2.79. The Morgan fingerprint density at radius 3 is 2.60 bits per heavy atom. The summed E-state index contributed by atoms with van der Waals surface area (Å²) in [5, 5.41) is 0. The fraction of sp³-hybridized carbons (Fsp3) is 0.571. The maximum atomic E-state index is 11.4. The predicted molar refractivity (Wildman–Crippen MR) is 77.5 cm³/mol. The smallest absolute Gasteiger partial charge is 0.327 e. The van der Waals surface area contributed by atoms with Crippen molar-refractivity contribution in [2.45, 2.75) is 46.0 Å². The highest BCUT2D eigenvalue weighted by Crippen LogP contribution is 2.43. The van der Waals surface area contributed by atoms with Gasteiger partial charge >= 0.3 is 7.82 Å². The number of para-hydroxylation sites is 1. The third-order valence-corrected chi connectivity index (χ3v) is 3.63. The molecule has 5 nitrogen and oxygen atoms in total. The van der Waals surface area contributed by atoms with Gasteiger partial charge in [0.05, 0.1) is 6.61 Å². The van der Waals surface area contributed by atoms with Gasteiger partial charge in [-0.15, -0.1) is 0 Å². The Morgan fingerprint density at radius 1 is 1.15 bits per heavy atom. The van der Waals surface area contributed by atoms with E-state index in [0.717, 1.165) is 24.8 Å². The molecule has 0 amide bonds. The van der Waals surface area contributed by atoms with Gasteiger partial charge in [-0.2, -0.15) is 0 Å². The van der Waals surface area contributed by atoms with Crippen LogP contribution in [0.25, 0.3) is 0 Å². The summed E-state index contributed by atoms with van der Waals surface area (Å²) in [6.45, 7) is 3.85. The molecule has 1 aromatic carbocycles. The Morgan fingerprint density at radius 2 is 1.90 bits per heavy atom. The third kappa shape index (κ3) is 6.53. The first-order valence-electron chi connectivity index (χ1n) is 7.00. The summed E-state index contributed by atoms with van der Waals surface area (Å²) in [4.78, 5) is 14.3. The van der Waals surface area contributed by atoms with Crippen molar-refractivity contribution >= 4 is 7.82 Å². The molecule has 20 heavy (non-hydrogen) atoms. The second kappa shape index (κ2) is 9.14. The topological polar surface area (TPSA) is 65.0 Å². The van der Waals surface area contributed by atoms with Crippen LogP contribution in [-0.4, -0.2) is 11.5 Å². The molecule has 0 aliphatic carbocycles. The van der Waals surface area contributed by atoms with E-state index >= 15 is 0 Å². The first kappa shape index (κ1) is 17.2. The number of unbranched alkanes of at least 4 members (excludes halogenated alkanes) is 3. The minimum Gasteiger partial charge on any atom is -0.327 e. The van der Waals surface area contributed by atoms with Gasteiger partial charge in [-0.3, -0.25) is 4.52 Å². The van der Waals surface area contributed by atoms with Crippen molar-refractivity contribution in [1.82, 2.24) is 0 Å². The molecule has 1 N–H and O–H groups in total. The zero-order chi connectivity index (χ0) is 14.8. The number of hydrogen-bond acceptors (Lipinski definition) is 4. The van der Waals surface area contributed by atoms with Crippen molar-refractivity contribution in [2.24, 2.45) is 0 Å². The van der Waals surface area contributed by atoms with Crippen LogP contribution in [-0.2, 0) is 20.2 Å². The molecule has 0 aliphatic rings. The lowest BCUT2D eigenvalue weighted by Gasteiger charge is -2.12. The van der Waals surface area contributed by atoms with Crippen LogP contribution < -0.4 is 4.89 Å². The lowest BCUT2D eigenvalue weighted by Crippen LogP contribution is -2.01. The molecule has 6 heteroatoms. The van der Waals surface area contributed by atoms with Gasteiger partial charge in [0, 0.05) is 0 Å². The van der Waals surface area contributed by atoms with Gasteiger partial charge in [-0.25, -0.2) is 4.57 Å². The van der Waals surface area contributed by atoms with Crippen LogP contribution in [0.3, 0.4) is 0 Å². The molecular weight excluding hydrogens is 279 g/mol. The summed E-state index contributed by atoms with van der Waals surface area (Å²) in [6, 6.07) is 7.33. The Hall–Kier alpha value is -0.870. The van der Waals surface area contributed by atoms with Gasteiger partial charge in [0.1, 0.15) is 0 Å². The van der Waals surface area contributed by atoms with Crippen molar-refractivity contribution < 1.29 is 23.5 Å². The minimum absolute atomic E-state index is 0.0792. The summed E-state index contributed by atoms with van der Waals surface area (Å²) in [5.41, 5.74) is 0.958. The predicted octanol–water partition coefficient (Wildman–Crippen LogP) is 4.26. The van der Waals surface area contributed by atoms with Crippen LogP contribution in [0.1, 0.15) is 45.1 Å². The highest BCUT2D eigenvalue weighted by Gasteiger charge is 2.23. The SMILES string of the molecule is CCCCCCc1ccccc1OOP(=O)(O)OCC. The fourth-order valence-electron chi connectivity index (χ4n) is 1.81. The highest BCUT2D eigenvalue weighted by atomic mass is 31.2. The summed E-state index contributed by atoms with van der Waals surface area (Å²) in [5.74, 6) is 0.456. The van der Waals surface area contributed by atoms with E-state index in [4.69, 9.17) is 4.89 Å². The van der Waals surface area contributed by atoms with Crippen molar-refractivity contribution in [3.05, 3.63) is 29.8 Å². The van der Waals surface area contributed by atoms with Crippen LogP contribution in [0.15, 0.2) is 24.3 Å². The standard InChI is InChI=1S/C14H23O5P/c1-3-5-6-7-10-13-11-8-9-12-14(13)18-19-20(15,16)17-4-2/h8-9,11-12H,3-7,10H2,1-2H3,(H,15,16). The van der Waals surface area contributed by atoms with Gasteiger partial charge in [0.15, 0.2) is 5.75 Å². The number of hydrogen-bond donors (Lipinski definition) is 1. The van der Waals surface area contributed by atoms with E-state index in [0.29, 0.717) is 5.75 Å². The molecule has 1 unspecified atom stereocenters. The number of phosphoric acid groups is 1. The van der Waals surface area contributed by atoms with Gasteiger partial charge < -0.3 is 9.78 Å². The van der Waals surface area contributed by atoms with Crippen LogP contribution in [0.4, 0.5) is 0 Å². The lowest BCUT2D eigenvalue weighted by molar-refractivity contribution is -0.127. The number of benzene rings is 1. The van der Waals surface area contributed by atoms with Crippen molar-refractivity contribution in [1.29, 1.82) is 0 Å². The van der Waals surface area contributed by atoms with E-state index in [1.54, 1.807) is 19.1 Å². The number of phosphoric ester groups is 1. The second-order valence-corrected chi connectivity index (χ2v) is 5.81. The average molecular weight is 302 g/mol. The van der Waals surface area contributed by atoms with Crippen molar-refractivity contribution in [3.63, 3.8) is 0 Å². The van der Waals surface area contributed by atoms with Crippen molar-refractivity contribution in [2.75, 3.05) is 6.61 Å². The Bertz CT molecular complexity index is 435. The molecule has 0 fully saturated rings. The van der Waals surface area contributed by atoms with E-state index in [2.05, 4.69) is 16.1 Å². The summed E-state index contributed by atoms with van der Waals surface area (Å²) >= 11 is 0. The summed E-state index contributed by atoms with van der Waals surface area (Å²) < 4.78 is 20.5. The minimum atomic E-state index is -4.14. The first-order valence-corrected chi connectivity index (χ1v) is 8.50. The Labute approximate surface area is 120 Å². The summed E-state index contributed by atoms with van der Waals surface area (Å²) in [7, 11) is -4.14. The van der Waals surface area contributed by atoms with Crippen LogP contribution in [0.2, 0.25) is 0 Å². The molecule has 0 aromatic heterocycles. The van der Waals surface area contributed by atoms with E-state index < -0.39 is 7.82 Å². The Balaban J connectivity index is 2.54. The second-order valence-electron chi connectivity index (χ2n) is 4.46. The molecule has 1 atom stereocenters. The average Bonchev–Trinajstić information content (AvgIpc) is 2.42. The molecule has 0 heterocycles. The molecule has 0 bridgehead atoms. The van der Waals surface area contributed by atoms with Gasteiger partial charge in [-0.1, -0.05) is 49.1 Å². The summed E-state index contributed by atoms with van der Waals surface area (Å²) in [6.07, 6.45) is 5.45. The van der Waals surface area contributed by atoms with Crippen molar-refractivity contribution in [3.8, 4) is 5.75 Å². The largest absolute Gasteiger partial charge is 0.508 e. The number of rotatable bonds is 10. The zero-order valence-corrected chi connectivity index (χ0v) is 13.0. The van der Waals surface area contributed by atoms with E-state index in [-0.39, 0.29) is 6.61 Å². The van der Waals surface area contributed by atoms with Gasteiger partial charge in [0.25, 0.3) is 0 Å². The molecule has 0 saturated carbocycles. The van der Waals surface area contributed by atoms with Crippen LogP contribution >= 0.6 is 7.82 Å². The maximum Gasteiger partial charge on any atom is 0.508 e. The lowest BCUT2D eigenvalue weighted by atomic mass is 10.1. The zero-order valence-electron chi connectivity index (χ0n) is 12.1. The normalized spacial score (nSPS) is 13.9. The molecule has 0 radical (unpaired) electrons. The molecule has 0 aliphatic heterocycles. The molecule has 0 spiro atoms. The van der Waals surface area contributed by atoms with E-state index in [9.17, 15) is 9.46 Å². The van der Waals surface area contributed by atoms with Gasteiger partial charge in [-0.05, 0) is 31.4 Å². The molecule has 0 saturated heterocycles. The maximum absolute atomic E-state index is 11.4. The quantitative estimate of drug-likeness (QED) is 0.303. The van der Waals surface area contributed by atoms with E-state index in [1.165, 1.54) is 12.8 Å². The Kier molecular flexibility index (Phi) is 7.85. The van der Waals surface area contributed by atoms with Crippen LogP contribution in [0, 0.1) is 0 Å². The molecule has 1 rings (SSSR count).